The molecule has 0 amide bonds. The Morgan fingerprint density at radius 2 is 2.05 bits per heavy atom. The van der Waals surface area contributed by atoms with E-state index < -0.39 is 6.10 Å². The van der Waals surface area contributed by atoms with Crippen LogP contribution in [0.25, 0.3) is 0 Å². The zero-order valence-corrected chi connectivity index (χ0v) is 12.5. The Morgan fingerprint density at radius 1 is 1.24 bits per heavy atom. The predicted molar refractivity (Wildman–Crippen MR) is 81.6 cm³/mol. The van der Waals surface area contributed by atoms with Gasteiger partial charge in [0.1, 0.15) is 11.9 Å². The third-order valence-corrected chi connectivity index (χ3v) is 3.97. The van der Waals surface area contributed by atoms with Crippen LogP contribution in [0.4, 0.5) is 0 Å². The summed E-state index contributed by atoms with van der Waals surface area (Å²) < 4.78 is 11.3. The molecule has 0 aliphatic carbocycles. The molecular weight excluding hydrogens is 288 g/mol. The molecule has 1 heterocycles. The monoisotopic (exact) mass is 304 g/mol. The van der Waals surface area contributed by atoms with Gasteiger partial charge in [-0.05, 0) is 29.3 Å². The van der Waals surface area contributed by atoms with Gasteiger partial charge < -0.3 is 14.6 Å². The highest BCUT2D eigenvalue weighted by atomic mass is 35.5. The number of benzene rings is 2. The van der Waals surface area contributed by atoms with Gasteiger partial charge in [-0.25, -0.2) is 0 Å². The van der Waals surface area contributed by atoms with Gasteiger partial charge in [-0.3, -0.25) is 0 Å². The van der Waals surface area contributed by atoms with Gasteiger partial charge in [0.2, 0.25) is 0 Å². The van der Waals surface area contributed by atoms with Gasteiger partial charge in [0.05, 0.1) is 12.7 Å². The molecule has 1 aliphatic rings. The Hall–Kier alpha value is -1.55. The summed E-state index contributed by atoms with van der Waals surface area (Å²) in [5.74, 6) is 0.690. The summed E-state index contributed by atoms with van der Waals surface area (Å²) in [6.45, 7) is 0.527. The van der Waals surface area contributed by atoms with E-state index in [4.69, 9.17) is 21.1 Å². The van der Waals surface area contributed by atoms with Crippen molar-refractivity contribution in [2.45, 2.75) is 25.2 Å². The zero-order valence-electron chi connectivity index (χ0n) is 11.8. The first-order valence-corrected chi connectivity index (χ1v) is 7.27. The minimum absolute atomic E-state index is 0.181. The van der Waals surface area contributed by atoms with Crippen LogP contribution >= 0.6 is 11.6 Å². The largest absolute Gasteiger partial charge is 0.485 e. The molecule has 21 heavy (non-hydrogen) atoms. The number of rotatable bonds is 3. The van der Waals surface area contributed by atoms with Crippen molar-refractivity contribution in [2.24, 2.45) is 0 Å². The molecule has 2 aromatic carbocycles. The Kier molecular flexibility index (Phi) is 4.15. The molecule has 0 aromatic heterocycles. The molecule has 110 valence electrons. The molecule has 2 atom stereocenters. The second kappa shape index (κ2) is 6.06. The van der Waals surface area contributed by atoms with Crippen molar-refractivity contribution in [1.82, 2.24) is 0 Å². The third kappa shape index (κ3) is 2.91. The van der Waals surface area contributed by atoms with Gasteiger partial charge in [0.25, 0.3) is 0 Å². The van der Waals surface area contributed by atoms with Crippen molar-refractivity contribution in [2.75, 3.05) is 7.11 Å². The first kappa shape index (κ1) is 14.4. The van der Waals surface area contributed by atoms with E-state index in [1.54, 1.807) is 19.2 Å². The van der Waals surface area contributed by atoms with E-state index in [1.807, 2.05) is 30.3 Å². The van der Waals surface area contributed by atoms with Crippen molar-refractivity contribution in [3.8, 4) is 5.75 Å². The highest BCUT2D eigenvalue weighted by molar-refractivity contribution is 6.30. The minimum atomic E-state index is -0.576. The second-order valence-electron chi connectivity index (χ2n) is 5.17. The lowest BCUT2D eigenvalue weighted by Crippen LogP contribution is -2.20. The van der Waals surface area contributed by atoms with Crippen LogP contribution < -0.4 is 4.74 Å². The molecule has 0 saturated carbocycles. The van der Waals surface area contributed by atoms with Gasteiger partial charge >= 0.3 is 0 Å². The smallest absolute Gasteiger partial charge is 0.127 e. The first-order chi connectivity index (χ1) is 10.2. The topological polar surface area (TPSA) is 38.7 Å². The molecule has 3 nitrogen and oxygen atoms in total. The summed E-state index contributed by atoms with van der Waals surface area (Å²) in [6.07, 6.45) is -0.248. The van der Waals surface area contributed by atoms with Crippen molar-refractivity contribution in [1.29, 1.82) is 0 Å². The summed E-state index contributed by atoms with van der Waals surface area (Å²) >= 11 is 5.98. The van der Waals surface area contributed by atoms with E-state index in [2.05, 4.69) is 0 Å². The van der Waals surface area contributed by atoms with Crippen LogP contribution in [0.1, 0.15) is 35.3 Å². The number of aliphatic hydroxyl groups excluding tert-OH is 1. The van der Waals surface area contributed by atoms with Gasteiger partial charge in [0, 0.05) is 24.1 Å². The van der Waals surface area contributed by atoms with E-state index in [-0.39, 0.29) is 6.10 Å². The quantitative estimate of drug-likeness (QED) is 0.930. The standard InChI is InChI=1S/C17H17ClO3/c1-20-10-11-4-2-3-5-13(11)17-9-15(19)14-8-12(18)6-7-16(14)21-17/h2-8,15,17,19H,9-10H2,1H3. The molecule has 0 bridgehead atoms. The van der Waals surface area contributed by atoms with E-state index in [9.17, 15) is 5.11 Å². The first-order valence-electron chi connectivity index (χ1n) is 6.90. The molecule has 0 fully saturated rings. The molecule has 0 radical (unpaired) electrons. The number of fused-ring (bicyclic) bond motifs is 1. The average Bonchev–Trinajstić information content (AvgIpc) is 2.49. The SMILES string of the molecule is COCc1ccccc1C1CC(O)c2cc(Cl)ccc2O1. The lowest BCUT2D eigenvalue weighted by molar-refractivity contribution is 0.0642. The summed E-state index contributed by atoms with van der Waals surface area (Å²) in [5, 5.41) is 11.0. The maximum Gasteiger partial charge on any atom is 0.127 e. The molecule has 0 spiro atoms. The summed E-state index contributed by atoms with van der Waals surface area (Å²) in [7, 11) is 1.67. The molecule has 2 aromatic rings. The summed E-state index contributed by atoms with van der Waals surface area (Å²) in [5.41, 5.74) is 2.89. The number of ether oxygens (including phenoxy) is 2. The fourth-order valence-corrected chi connectivity index (χ4v) is 2.92. The summed E-state index contributed by atoms with van der Waals surface area (Å²) in [6, 6.07) is 13.3. The Bertz CT molecular complexity index is 642. The molecule has 1 aliphatic heterocycles. The molecule has 1 N–H and O–H groups in total. The van der Waals surface area contributed by atoms with Crippen molar-refractivity contribution in [3.63, 3.8) is 0 Å². The number of hydrogen-bond donors (Lipinski definition) is 1. The van der Waals surface area contributed by atoms with Crippen molar-refractivity contribution in [3.05, 3.63) is 64.2 Å². The Morgan fingerprint density at radius 3 is 2.86 bits per heavy atom. The predicted octanol–water partition coefficient (Wildman–Crippen LogP) is 4.04. The van der Waals surface area contributed by atoms with Gasteiger partial charge in [-0.1, -0.05) is 35.9 Å². The highest BCUT2D eigenvalue weighted by Crippen LogP contribution is 2.42. The van der Waals surface area contributed by atoms with Crippen LogP contribution in [0.3, 0.4) is 0 Å². The van der Waals surface area contributed by atoms with Crippen LogP contribution in [-0.4, -0.2) is 12.2 Å². The normalized spacial score (nSPS) is 20.7. The molecule has 4 heteroatoms. The van der Waals surface area contributed by atoms with Crippen LogP contribution in [-0.2, 0) is 11.3 Å². The van der Waals surface area contributed by atoms with E-state index >= 15 is 0 Å². The van der Waals surface area contributed by atoms with Crippen molar-refractivity contribution >= 4 is 11.6 Å². The van der Waals surface area contributed by atoms with Crippen LogP contribution in [0.5, 0.6) is 5.75 Å². The van der Waals surface area contributed by atoms with Crippen molar-refractivity contribution < 1.29 is 14.6 Å². The lowest BCUT2D eigenvalue weighted by Gasteiger charge is -2.31. The Labute approximate surface area is 129 Å². The number of hydrogen-bond acceptors (Lipinski definition) is 3. The average molecular weight is 305 g/mol. The number of aliphatic hydroxyl groups is 1. The fraction of sp³-hybridized carbons (Fsp3) is 0.294. The number of halogens is 1. The third-order valence-electron chi connectivity index (χ3n) is 3.74. The highest BCUT2D eigenvalue weighted by Gasteiger charge is 2.29. The molecule has 3 rings (SSSR count). The van der Waals surface area contributed by atoms with E-state index in [0.717, 1.165) is 16.7 Å². The van der Waals surface area contributed by atoms with Gasteiger partial charge in [-0.15, -0.1) is 0 Å². The zero-order chi connectivity index (χ0) is 14.8. The van der Waals surface area contributed by atoms with E-state index in [0.29, 0.717) is 23.8 Å². The van der Waals surface area contributed by atoms with Crippen LogP contribution in [0.2, 0.25) is 5.02 Å². The Balaban J connectivity index is 1.94. The summed E-state index contributed by atoms with van der Waals surface area (Å²) in [4.78, 5) is 0. The second-order valence-corrected chi connectivity index (χ2v) is 5.61. The maximum atomic E-state index is 10.4. The maximum absolute atomic E-state index is 10.4. The minimum Gasteiger partial charge on any atom is -0.485 e. The fourth-order valence-electron chi connectivity index (χ4n) is 2.74. The van der Waals surface area contributed by atoms with Gasteiger partial charge in [0.15, 0.2) is 0 Å². The molecular formula is C17H17ClO3. The van der Waals surface area contributed by atoms with E-state index in [1.165, 1.54) is 0 Å². The lowest BCUT2D eigenvalue weighted by atomic mass is 9.92. The molecule has 0 saturated heterocycles. The van der Waals surface area contributed by atoms with Crippen LogP contribution in [0, 0.1) is 0 Å². The van der Waals surface area contributed by atoms with Crippen LogP contribution in [0.15, 0.2) is 42.5 Å². The van der Waals surface area contributed by atoms with Gasteiger partial charge in [-0.2, -0.15) is 0 Å². The molecule has 2 unspecified atom stereocenters. The number of methoxy groups -OCH3 is 1.